The standard InChI is InChI=1S/C18H28N2O3/c1-13(2)12-23-16-6-4-15(5-7-16)10-19-18(22)20-9-8-14(3)17(21)11-20/h4-7,13-14,17,21H,8-12H2,1-3H3,(H,19,22). The van der Waals surface area contributed by atoms with Crippen LogP contribution < -0.4 is 10.1 Å². The van der Waals surface area contributed by atoms with E-state index in [4.69, 9.17) is 4.74 Å². The molecule has 2 unspecified atom stereocenters. The van der Waals surface area contributed by atoms with Crippen LogP contribution in [-0.2, 0) is 6.54 Å². The van der Waals surface area contributed by atoms with E-state index in [-0.39, 0.29) is 11.9 Å². The molecule has 0 saturated carbocycles. The zero-order valence-corrected chi connectivity index (χ0v) is 14.3. The second-order valence-electron chi connectivity index (χ2n) is 6.79. The van der Waals surface area contributed by atoms with Gasteiger partial charge in [0.1, 0.15) is 5.75 Å². The Morgan fingerprint density at radius 3 is 2.70 bits per heavy atom. The molecule has 128 valence electrons. The molecule has 2 N–H and O–H groups in total. The van der Waals surface area contributed by atoms with Crippen LogP contribution in [-0.4, -0.2) is 41.8 Å². The van der Waals surface area contributed by atoms with Crippen molar-refractivity contribution in [2.45, 2.75) is 39.8 Å². The normalized spacial score (nSPS) is 21.3. The highest BCUT2D eigenvalue weighted by Crippen LogP contribution is 2.17. The summed E-state index contributed by atoms with van der Waals surface area (Å²) in [6.07, 6.45) is 0.420. The van der Waals surface area contributed by atoms with Gasteiger partial charge in [0.05, 0.1) is 12.7 Å². The maximum Gasteiger partial charge on any atom is 0.317 e. The van der Waals surface area contributed by atoms with Crippen molar-refractivity contribution in [2.24, 2.45) is 11.8 Å². The molecule has 23 heavy (non-hydrogen) atoms. The van der Waals surface area contributed by atoms with E-state index >= 15 is 0 Å². The summed E-state index contributed by atoms with van der Waals surface area (Å²) in [5.41, 5.74) is 1.03. The molecule has 1 aromatic rings. The third-order valence-corrected chi connectivity index (χ3v) is 4.16. The van der Waals surface area contributed by atoms with Crippen LogP contribution in [0.25, 0.3) is 0 Å². The van der Waals surface area contributed by atoms with E-state index in [1.807, 2.05) is 31.2 Å². The topological polar surface area (TPSA) is 61.8 Å². The molecular formula is C18H28N2O3. The first-order chi connectivity index (χ1) is 11.0. The number of hydrogen-bond donors (Lipinski definition) is 2. The van der Waals surface area contributed by atoms with E-state index in [1.54, 1.807) is 4.90 Å². The minimum atomic E-state index is -0.424. The van der Waals surface area contributed by atoms with Crippen LogP contribution in [0.4, 0.5) is 4.79 Å². The lowest BCUT2D eigenvalue weighted by atomic mass is 9.96. The number of piperidine rings is 1. The Labute approximate surface area is 138 Å². The Morgan fingerprint density at radius 2 is 2.09 bits per heavy atom. The second-order valence-corrected chi connectivity index (χ2v) is 6.79. The average molecular weight is 320 g/mol. The third kappa shape index (κ3) is 5.43. The summed E-state index contributed by atoms with van der Waals surface area (Å²) in [4.78, 5) is 13.8. The lowest BCUT2D eigenvalue weighted by molar-refractivity contribution is 0.0435. The number of carbonyl (C=O) groups is 1. The van der Waals surface area contributed by atoms with Crippen molar-refractivity contribution in [3.63, 3.8) is 0 Å². The van der Waals surface area contributed by atoms with Crippen LogP contribution in [0, 0.1) is 11.8 Å². The SMILES string of the molecule is CC(C)COc1ccc(CNC(=O)N2CCC(C)C(O)C2)cc1. The lowest BCUT2D eigenvalue weighted by Gasteiger charge is -2.34. The van der Waals surface area contributed by atoms with Crippen LogP contribution >= 0.6 is 0 Å². The lowest BCUT2D eigenvalue weighted by Crippen LogP contribution is -2.49. The molecule has 0 spiro atoms. The van der Waals surface area contributed by atoms with Crippen molar-refractivity contribution in [1.82, 2.24) is 10.2 Å². The average Bonchev–Trinajstić information content (AvgIpc) is 2.54. The summed E-state index contributed by atoms with van der Waals surface area (Å²) >= 11 is 0. The minimum absolute atomic E-state index is 0.115. The Morgan fingerprint density at radius 1 is 1.39 bits per heavy atom. The number of hydrogen-bond acceptors (Lipinski definition) is 3. The smallest absolute Gasteiger partial charge is 0.317 e. The van der Waals surface area contributed by atoms with Gasteiger partial charge in [0, 0.05) is 19.6 Å². The molecule has 0 bridgehead atoms. The number of urea groups is 1. The van der Waals surface area contributed by atoms with Gasteiger partial charge in [-0.25, -0.2) is 4.79 Å². The van der Waals surface area contributed by atoms with Gasteiger partial charge in [0.2, 0.25) is 0 Å². The van der Waals surface area contributed by atoms with Crippen LogP contribution in [0.15, 0.2) is 24.3 Å². The summed E-state index contributed by atoms with van der Waals surface area (Å²) in [7, 11) is 0. The quantitative estimate of drug-likeness (QED) is 0.877. The zero-order chi connectivity index (χ0) is 16.8. The molecule has 5 nitrogen and oxygen atoms in total. The Balaban J connectivity index is 1.78. The number of amides is 2. The molecule has 1 aliphatic heterocycles. The molecule has 2 atom stereocenters. The van der Waals surface area contributed by atoms with Gasteiger partial charge >= 0.3 is 6.03 Å². The molecule has 0 radical (unpaired) electrons. The Hall–Kier alpha value is -1.75. The third-order valence-electron chi connectivity index (χ3n) is 4.16. The predicted molar refractivity (Wildman–Crippen MR) is 90.4 cm³/mol. The number of benzene rings is 1. The summed E-state index contributed by atoms with van der Waals surface area (Å²) < 4.78 is 5.64. The maximum atomic E-state index is 12.1. The van der Waals surface area contributed by atoms with Crippen molar-refractivity contribution < 1.29 is 14.6 Å². The molecule has 2 rings (SSSR count). The summed E-state index contributed by atoms with van der Waals surface area (Å²) in [5, 5.41) is 12.8. The van der Waals surface area contributed by atoms with Crippen LogP contribution in [0.1, 0.15) is 32.8 Å². The van der Waals surface area contributed by atoms with Gasteiger partial charge in [-0.05, 0) is 36.0 Å². The van der Waals surface area contributed by atoms with E-state index in [9.17, 15) is 9.90 Å². The largest absolute Gasteiger partial charge is 0.493 e. The number of nitrogens with one attached hydrogen (secondary N) is 1. The van der Waals surface area contributed by atoms with Crippen molar-refractivity contribution >= 4 is 6.03 Å². The van der Waals surface area contributed by atoms with Crippen molar-refractivity contribution in [2.75, 3.05) is 19.7 Å². The van der Waals surface area contributed by atoms with Gasteiger partial charge in [-0.3, -0.25) is 0 Å². The summed E-state index contributed by atoms with van der Waals surface area (Å²) in [6, 6.07) is 7.66. The van der Waals surface area contributed by atoms with Gasteiger partial charge in [-0.15, -0.1) is 0 Å². The number of ether oxygens (including phenoxy) is 1. The Kier molecular flexibility index (Phi) is 6.28. The van der Waals surface area contributed by atoms with E-state index < -0.39 is 6.10 Å². The van der Waals surface area contributed by atoms with E-state index in [2.05, 4.69) is 19.2 Å². The maximum absolute atomic E-state index is 12.1. The first kappa shape index (κ1) is 17.6. The van der Waals surface area contributed by atoms with Gasteiger partial charge < -0.3 is 20.1 Å². The molecule has 1 fully saturated rings. The molecule has 1 aromatic carbocycles. The summed E-state index contributed by atoms with van der Waals surface area (Å²) in [5.74, 6) is 1.61. The molecule has 0 aliphatic carbocycles. The van der Waals surface area contributed by atoms with Gasteiger partial charge in [-0.2, -0.15) is 0 Å². The van der Waals surface area contributed by atoms with Gasteiger partial charge in [-0.1, -0.05) is 32.9 Å². The summed E-state index contributed by atoms with van der Waals surface area (Å²) in [6.45, 7) is 8.53. The van der Waals surface area contributed by atoms with Gasteiger partial charge in [0.25, 0.3) is 0 Å². The fraction of sp³-hybridized carbons (Fsp3) is 0.611. The monoisotopic (exact) mass is 320 g/mol. The number of nitrogens with zero attached hydrogens (tertiary/aromatic N) is 1. The molecule has 1 aliphatic rings. The number of likely N-dealkylation sites (tertiary alicyclic amines) is 1. The van der Waals surface area contributed by atoms with Crippen LogP contribution in [0.5, 0.6) is 5.75 Å². The molecular weight excluding hydrogens is 292 g/mol. The minimum Gasteiger partial charge on any atom is -0.493 e. The highest BCUT2D eigenvalue weighted by Gasteiger charge is 2.26. The number of aliphatic hydroxyl groups excluding tert-OH is 1. The van der Waals surface area contributed by atoms with Crippen LogP contribution in [0.3, 0.4) is 0 Å². The van der Waals surface area contributed by atoms with Gasteiger partial charge in [0.15, 0.2) is 0 Å². The van der Waals surface area contributed by atoms with Crippen molar-refractivity contribution in [3.05, 3.63) is 29.8 Å². The molecule has 1 heterocycles. The van der Waals surface area contributed by atoms with Crippen LogP contribution in [0.2, 0.25) is 0 Å². The number of aliphatic hydroxyl groups is 1. The number of rotatable bonds is 5. The fourth-order valence-electron chi connectivity index (χ4n) is 2.49. The zero-order valence-electron chi connectivity index (χ0n) is 14.3. The predicted octanol–water partition coefficient (Wildman–Crippen LogP) is 2.63. The van der Waals surface area contributed by atoms with Crippen molar-refractivity contribution in [1.29, 1.82) is 0 Å². The highest BCUT2D eigenvalue weighted by atomic mass is 16.5. The van der Waals surface area contributed by atoms with E-state index in [0.717, 1.165) is 17.7 Å². The second kappa shape index (κ2) is 8.20. The first-order valence-electron chi connectivity index (χ1n) is 8.38. The molecule has 0 aromatic heterocycles. The number of carbonyl (C=O) groups excluding carboxylic acids is 1. The number of β-amino-alcohol motifs (C(OH)–C–C–N with tert-alkyl or cyclic N) is 1. The molecule has 2 amide bonds. The fourth-order valence-corrected chi connectivity index (χ4v) is 2.49. The molecule has 1 saturated heterocycles. The highest BCUT2D eigenvalue weighted by molar-refractivity contribution is 5.74. The van der Waals surface area contributed by atoms with Crippen molar-refractivity contribution in [3.8, 4) is 5.75 Å². The van der Waals surface area contributed by atoms with E-state index in [1.165, 1.54) is 0 Å². The van der Waals surface area contributed by atoms with E-state index in [0.29, 0.717) is 32.2 Å². The molecule has 5 heteroatoms. The Bertz CT molecular complexity index is 501. The first-order valence-corrected chi connectivity index (χ1v) is 8.38.